The molecule has 0 fully saturated rings. The number of rotatable bonds is 3. The van der Waals surface area contributed by atoms with Gasteiger partial charge in [-0.05, 0) is 24.3 Å². The summed E-state index contributed by atoms with van der Waals surface area (Å²) in [4.78, 5) is 11.2. The lowest BCUT2D eigenvalue weighted by molar-refractivity contribution is -0.274. The van der Waals surface area contributed by atoms with E-state index in [9.17, 15) is 18.0 Å². The molecule has 84 valence electrons. The molecule has 0 saturated carbocycles. The van der Waals surface area contributed by atoms with Gasteiger partial charge in [-0.25, -0.2) is 0 Å². The zero-order valence-electron chi connectivity index (χ0n) is 8.04. The molecule has 0 spiro atoms. The highest BCUT2D eigenvalue weighted by Crippen LogP contribution is 2.22. The van der Waals surface area contributed by atoms with E-state index >= 15 is 0 Å². The predicted octanol–water partition coefficient (Wildman–Crippen LogP) is 2.79. The molecule has 0 N–H and O–H groups in total. The van der Waals surface area contributed by atoms with Crippen molar-refractivity contribution in [2.45, 2.75) is 12.8 Å². The average Bonchev–Trinajstić information content (AvgIpc) is 2.16. The maximum atomic E-state index is 11.8. The summed E-state index contributed by atoms with van der Waals surface area (Å²) in [5.41, 5.74) is 0.257. The molecule has 1 rings (SSSR count). The predicted molar refractivity (Wildman–Crippen MR) is 50.9 cm³/mol. The van der Waals surface area contributed by atoms with Crippen LogP contribution < -0.4 is 4.74 Å². The molecule has 2 nitrogen and oxygen atoms in total. The lowest BCUT2D eigenvalue weighted by atomic mass is 10.1. The number of ketones is 1. The van der Waals surface area contributed by atoms with Gasteiger partial charge in [-0.1, -0.05) is 5.92 Å². The molecular weight excluding hydrogens is 221 g/mol. The number of Topliss-reactive ketones (excluding diaryl/α,β-unsaturated/α-hetero) is 1. The fourth-order valence-corrected chi connectivity index (χ4v) is 1.04. The first-order chi connectivity index (χ1) is 7.42. The Bertz CT molecular complexity index is 412. The zero-order valence-corrected chi connectivity index (χ0v) is 8.04. The van der Waals surface area contributed by atoms with Gasteiger partial charge >= 0.3 is 6.36 Å². The van der Waals surface area contributed by atoms with Crippen molar-refractivity contribution in [3.63, 3.8) is 0 Å². The molecule has 0 amide bonds. The molecule has 1 aromatic rings. The van der Waals surface area contributed by atoms with Gasteiger partial charge in [0.15, 0.2) is 5.78 Å². The fourth-order valence-electron chi connectivity index (χ4n) is 1.04. The van der Waals surface area contributed by atoms with Gasteiger partial charge in [0.05, 0.1) is 6.42 Å². The molecule has 0 radical (unpaired) electrons. The highest BCUT2D eigenvalue weighted by molar-refractivity contribution is 5.97. The van der Waals surface area contributed by atoms with Crippen molar-refractivity contribution >= 4 is 5.78 Å². The van der Waals surface area contributed by atoms with Crippen LogP contribution in [0.1, 0.15) is 16.8 Å². The Morgan fingerprint density at radius 2 is 1.88 bits per heavy atom. The molecule has 0 aromatic heterocycles. The van der Waals surface area contributed by atoms with E-state index in [1.54, 1.807) is 0 Å². The van der Waals surface area contributed by atoms with Crippen LogP contribution in [0.15, 0.2) is 24.3 Å². The van der Waals surface area contributed by atoms with Crippen molar-refractivity contribution in [1.29, 1.82) is 0 Å². The second-order valence-electron chi connectivity index (χ2n) is 2.88. The van der Waals surface area contributed by atoms with Crippen LogP contribution in [0.4, 0.5) is 13.2 Å². The maximum Gasteiger partial charge on any atom is 0.573 e. The highest BCUT2D eigenvalue weighted by Gasteiger charge is 2.30. The van der Waals surface area contributed by atoms with Gasteiger partial charge in [-0.2, -0.15) is 0 Å². The molecule has 0 aliphatic carbocycles. The third-order valence-electron chi connectivity index (χ3n) is 1.67. The normalized spacial score (nSPS) is 10.6. The molecule has 1 aromatic carbocycles. The van der Waals surface area contributed by atoms with E-state index in [0.717, 1.165) is 12.1 Å². The van der Waals surface area contributed by atoms with Crippen molar-refractivity contribution in [2.75, 3.05) is 0 Å². The van der Waals surface area contributed by atoms with Crippen LogP contribution in [0.3, 0.4) is 0 Å². The number of hydrogen-bond donors (Lipinski definition) is 0. The van der Waals surface area contributed by atoms with Crippen molar-refractivity contribution < 1.29 is 22.7 Å². The number of carbonyl (C=O) groups excluding carboxylic acids is 1. The van der Waals surface area contributed by atoms with Crippen LogP contribution in [-0.4, -0.2) is 12.1 Å². The minimum absolute atomic E-state index is 0.0839. The molecule has 5 heteroatoms. The van der Waals surface area contributed by atoms with Gasteiger partial charge in [0.25, 0.3) is 0 Å². The molecule has 0 bridgehead atoms. The smallest absolute Gasteiger partial charge is 0.406 e. The lowest BCUT2D eigenvalue weighted by Crippen LogP contribution is -2.17. The quantitative estimate of drug-likeness (QED) is 0.587. The van der Waals surface area contributed by atoms with Crippen LogP contribution in [0, 0.1) is 12.3 Å². The van der Waals surface area contributed by atoms with Gasteiger partial charge in [-0.15, -0.1) is 19.6 Å². The van der Waals surface area contributed by atoms with E-state index in [1.807, 2.05) is 0 Å². The Morgan fingerprint density at radius 3 is 2.31 bits per heavy atom. The first-order valence-corrected chi connectivity index (χ1v) is 4.25. The van der Waals surface area contributed by atoms with E-state index in [4.69, 9.17) is 6.42 Å². The Kier molecular flexibility index (Phi) is 3.56. The molecule has 0 aliphatic rings. The summed E-state index contributed by atoms with van der Waals surface area (Å²) < 4.78 is 39.1. The standard InChI is InChI=1S/C11H7F3O2/c1-2-3-10(15)8-4-6-9(7-5-8)16-11(12,13)14/h1,4-7H,3H2. The van der Waals surface area contributed by atoms with E-state index < -0.39 is 6.36 Å². The van der Waals surface area contributed by atoms with Gasteiger partial charge in [-0.3, -0.25) is 4.79 Å². The number of ether oxygens (including phenoxy) is 1. The lowest BCUT2D eigenvalue weighted by Gasteiger charge is -2.08. The van der Waals surface area contributed by atoms with Crippen LogP contribution in [-0.2, 0) is 0 Å². The first-order valence-electron chi connectivity index (χ1n) is 4.25. The second-order valence-corrected chi connectivity index (χ2v) is 2.88. The Hall–Kier alpha value is -1.96. The largest absolute Gasteiger partial charge is 0.573 e. The Labute approximate surface area is 90.0 Å². The van der Waals surface area contributed by atoms with Crippen LogP contribution >= 0.6 is 0 Å². The van der Waals surface area contributed by atoms with Gasteiger partial charge in [0.2, 0.25) is 0 Å². The third-order valence-corrected chi connectivity index (χ3v) is 1.67. The minimum atomic E-state index is -4.73. The average molecular weight is 228 g/mol. The Morgan fingerprint density at radius 1 is 1.31 bits per heavy atom. The van der Waals surface area contributed by atoms with Crippen LogP contribution in [0.2, 0.25) is 0 Å². The zero-order chi connectivity index (χ0) is 12.2. The SMILES string of the molecule is C#CCC(=O)c1ccc(OC(F)(F)F)cc1. The summed E-state index contributed by atoms with van der Waals surface area (Å²) in [6.45, 7) is 0. The van der Waals surface area contributed by atoms with E-state index in [-0.39, 0.29) is 23.5 Å². The van der Waals surface area contributed by atoms with Crippen molar-refractivity contribution in [3.05, 3.63) is 29.8 Å². The molecule has 16 heavy (non-hydrogen) atoms. The van der Waals surface area contributed by atoms with Crippen LogP contribution in [0.5, 0.6) is 5.75 Å². The molecule has 0 saturated heterocycles. The van der Waals surface area contributed by atoms with E-state index in [0.29, 0.717) is 0 Å². The minimum Gasteiger partial charge on any atom is -0.406 e. The first kappa shape index (κ1) is 12.1. The fraction of sp³-hybridized carbons (Fsp3) is 0.182. The molecule has 0 unspecified atom stereocenters. The number of terminal acetylenes is 1. The van der Waals surface area contributed by atoms with Gasteiger partial charge in [0, 0.05) is 5.56 Å². The number of benzene rings is 1. The molecule has 0 atom stereocenters. The van der Waals surface area contributed by atoms with E-state index in [2.05, 4.69) is 10.7 Å². The summed E-state index contributed by atoms with van der Waals surface area (Å²) in [6, 6.07) is 4.61. The second kappa shape index (κ2) is 4.71. The van der Waals surface area contributed by atoms with Crippen molar-refractivity contribution in [3.8, 4) is 18.1 Å². The third kappa shape index (κ3) is 3.65. The summed E-state index contributed by atoms with van der Waals surface area (Å²) in [6.07, 6.45) is 0.120. The molecule has 0 heterocycles. The summed E-state index contributed by atoms with van der Waals surface area (Å²) in [5, 5.41) is 0. The topological polar surface area (TPSA) is 26.3 Å². The Balaban J connectivity index is 2.76. The molecule has 0 aliphatic heterocycles. The van der Waals surface area contributed by atoms with Crippen molar-refractivity contribution in [1.82, 2.24) is 0 Å². The van der Waals surface area contributed by atoms with Crippen molar-refractivity contribution in [2.24, 2.45) is 0 Å². The van der Waals surface area contributed by atoms with Crippen LogP contribution in [0.25, 0.3) is 0 Å². The number of alkyl halides is 3. The van der Waals surface area contributed by atoms with Gasteiger partial charge in [0.1, 0.15) is 5.75 Å². The highest BCUT2D eigenvalue weighted by atomic mass is 19.4. The van der Waals surface area contributed by atoms with Gasteiger partial charge < -0.3 is 4.74 Å². The summed E-state index contributed by atoms with van der Waals surface area (Å²) in [5.74, 6) is 1.47. The number of hydrogen-bond acceptors (Lipinski definition) is 2. The van der Waals surface area contributed by atoms with E-state index in [1.165, 1.54) is 12.1 Å². The number of halogens is 3. The summed E-state index contributed by atoms with van der Waals surface area (Å²) in [7, 11) is 0. The monoisotopic (exact) mass is 228 g/mol. The maximum absolute atomic E-state index is 11.8. The summed E-state index contributed by atoms with van der Waals surface area (Å²) >= 11 is 0. The molecular formula is C11H7F3O2. The number of carbonyl (C=O) groups is 1.